The number of aliphatic hydroxyl groups excluding tert-OH is 1. The van der Waals surface area contributed by atoms with Crippen LogP contribution < -0.4 is 4.74 Å². The maximum absolute atomic E-state index is 13.1. The highest BCUT2D eigenvalue weighted by molar-refractivity contribution is 6.46. The van der Waals surface area contributed by atoms with Crippen LogP contribution in [0.2, 0.25) is 0 Å². The lowest BCUT2D eigenvalue weighted by Gasteiger charge is -2.25. The third kappa shape index (κ3) is 4.14. The van der Waals surface area contributed by atoms with Gasteiger partial charge in [0.05, 0.1) is 18.7 Å². The molecule has 1 amide bonds. The summed E-state index contributed by atoms with van der Waals surface area (Å²) in [7, 11) is 1.54. The van der Waals surface area contributed by atoms with E-state index in [0.29, 0.717) is 24.3 Å². The summed E-state index contributed by atoms with van der Waals surface area (Å²) in [4.78, 5) is 27.7. The van der Waals surface area contributed by atoms with Crippen LogP contribution in [0, 0.1) is 6.92 Å². The standard InChI is InChI=1S/C27H25NO4/c1-18-11-13-20(14-12-18)24-23(25(29)21-9-6-10-22(17-21)32-2)26(30)27(31)28(24)16-15-19-7-4-3-5-8-19/h3-14,17,24,29H,15-16H2,1-2H3/b25-23+. The number of nitrogens with zero attached hydrogens (tertiary/aromatic N) is 1. The van der Waals surface area contributed by atoms with E-state index in [2.05, 4.69) is 0 Å². The fourth-order valence-electron chi connectivity index (χ4n) is 4.03. The summed E-state index contributed by atoms with van der Waals surface area (Å²) in [5.74, 6) is -0.922. The molecule has 1 aliphatic rings. The molecule has 1 saturated heterocycles. The quantitative estimate of drug-likeness (QED) is 0.353. The minimum atomic E-state index is -0.677. The molecule has 3 aromatic rings. The third-order valence-corrected chi connectivity index (χ3v) is 5.76. The average Bonchev–Trinajstić information content (AvgIpc) is 3.08. The fourth-order valence-corrected chi connectivity index (χ4v) is 4.03. The Balaban J connectivity index is 1.79. The second-order valence-electron chi connectivity index (χ2n) is 7.87. The second-order valence-corrected chi connectivity index (χ2v) is 7.87. The predicted molar refractivity (Wildman–Crippen MR) is 123 cm³/mol. The molecule has 1 atom stereocenters. The van der Waals surface area contributed by atoms with Gasteiger partial charge in [-0.05, 0) is 36.6 Å². The first kappa shape index (κ1) is 21.4. The van der Waals surface area contributed by atoms with Crippen molar-refractivity contribution in [2.75, 3.05) is 13.7 Å². The van der Waals surface area contributed by atoms with Gasteiger partial charge in [0.2, 0.25) is 0 Å². The Kier molecular flexibility index (Phi) is 6.08. The van der Waals surface area contributed by atoms with Crippen molar-refractivity contribution in [1.29, 1.82) is 0 Å². The maximum Gasteiger partial charge on any atom is 0.295 e. The lowest BCUT2D eigenvalue weighted by molar-refractivity contribution is -0.139. The Labute approximate surface area is 187 Å². The van der Waals surface area contributed by atoms with Gasteiger partial charge in [-0.25, -0.2) is 0 Å². The Morgan fingerprint density at radius 3 is 2.38 bits per heavy atom. The van der Waals surface area contributed by atoms with Crippen LogP contribution in [0.4, 0.5) is 0 Å². The van der Waals surface area contributed by atoms with E-state index in [9.17, 15) is 14.7 Å². The molecule has 0 aromatic heterocycles. The molecule has 32 heavy (non-hydrogen) atoms. The number of hydrogen-bond acceptors (Lipinski definition) is 4. The summed E-state index contributed by atoms with van der Waals surface area (Å²) in [6, 6.07) is 23.7. The monoisotopic (exact) mass is 427 g/mol. The largest absolute Gasteiger partial charge is 0.507 e. The van der Waals surface area contributed by atoms with Crippen molar-refractivity contribution in [1.82, 2.24) is 4.90 Å². The normalized spacial score (nSPS) is 17.6. The molecule has 4 rings (SSSR count). The van der Waals surface area contributed by atoms with Gasteiger partial charge in [0, 0.05) is 12.1 Å². The van der Waals surface area contributed by atoms with Crippen molar-refractivity contribution >= 4 is 17.4 Å². The van der Waals surface area contributed by atoms with Crippen LogP contribution in [0.1, 0.15) is 28.3 Å². The lowest BCUT2D eigenvalue weighted by Crippen LogP contribution is -2.31. The van der Waals surface area contributed by atoms with Crippen molar-refractivity contribution in [3.63, 3.8) is 0 Å². The number of ketones is 1. The summed E-state index contributed by atoms with van der Waals surface area (Å²) >= 11 is 0. The molecular formula is C27H25NO4. The number of rotatable bonds is 6. The number of amides is 1. The van der Waals surface area contributed by atoms with Crippen LogP contribution in [0.3, 0.4) is 0 Å². The van der Waals surface area contributed by atoms with Crippen molar-refractivity contribution in [3.8, 4) is 5.75 Å². The zero-order valence-electron chi connectivity index (χ0n) is 18.1. The molecule has 5 heteroatoms. The Morgan fingerprint density at radius 1 is 0.969 bits per heavy atom. The molecule has 0 bridgehead atoms. The third-order valence-electron chi connectivity index (χ3n) is 5.76. The number of aryl methyl sites for hydroxylation is 1. The van der Waals surface area contributed by atoms with E-state index in [1.807, 2.05) is 61.5 Å². The molecule has 162 valence electrons. The minimum Gasteiger partial charge on any atom is -0.507 e. The van der Waals surface area contributed by atoms with Gasteiger partial charge < -0.3 is 14.7 Å². The molecule has 1 aliphatic heterocycles. The highest BCUT2D eigenvalue weighted by Gasteiger charge is 2.45. The predicted octanol–water partition coefficient (Wildman–Crippen LogP) is 4.67. The highest BCUT2D eigenvalue weighted by atomic mass is 16.5. The molecule has 1 unspecified atom stereocenters. The van der Waals surface area contributed by atoms with Gasteiger partial charge in [-0.15, -0.1) is 0 Å². The number of benzene rings is 3. The van der Waals surface area contributed by atoms with Crippen molar-refractivity contribution < 1.29 is 19.4 Å². The zero-order chi connectivity index (χ0) is 22.7. The van der Waals surface area contributed by atoms with Gasteiger partial charge in [0.1, 0.15) is 11.5 Å². The van der Waals surface area contributed by atoms with Gasteiger partial charge in [-0.1, -0.05) is 72.3 Å². The van der Waals surface area contributed by atoms with Crippen LogP contribution >= 0.6 is 0 Å². The molecular weight excluding hydrogens is 402 g/mol. The topological polar surface area (TPSA) is 66.8 Å². The highest BCUT2D eigenvalue weighted by Crippen LogP contribution is 2.39. The molecule has 3 aromatic carbocycles. The molecule has 0 radical (unpaired) electrons. The van der Waals surface area contributed by atoms with Crippen molar-refractivity contribution in [2.24, 2.45) is 0 Å². The number of ether oxygens (including phenoxy) is 1. The van der Waals surface area contributed by atoms with Gasteiger partial charge in [0.25, 0.3) is 11.7 Å². The lowest BCUT2D eigenvalue weighted by atomic mass is 9.94. The van der Waals surface area contributed by atoms with Crippen LogP contribution in [0.5, 0.6) is 5.75 Å². The van der Waals surface area contributed by atoms with E-state index in [-0.39, 0.29) is 11.3 Å². The SMILES string of the molecule is COc1cccc(/C(O)=C2\C(=O)C(=O)N(CCc3ccccc3)C2c2ccc(C)cc2)c1. The van der Waals surface area contributed by atoms with Gasteiger partial charge in [-0.2, -0.15) is 0 Å². The van der Waals surface area contributed by atoms with E-state index in [1.165, 1.54) is 7.11 Å². The number of Topliss-reactive ketones (excluding diaryl/α,β-unsaturated/α-hetero) is 1. The van der Waals surface area contributed by atoms with Gasteiger partial charge >= 0.3 is 0 Å². The molecule has 0 saturated carbocycles. The average molecular weight is 428 g/mol. The van der Waals surface area contributed by atoms with Crippen molar-refractivity contribution in [3.05, 3.63) is 107 Å². The number of hydrogen-bond donors (Lipinski definition) is 1. The Morgan fingerprint density at radius 2 is 1.69 bits per heavy atom. The number of likely N-dealkylation sites (tertiary alicyclic amines) is 1. The van der Waals surface area contributed by atoms with E-state index >= 15 is 0 Å². The zero-order valence-corrected chi connectivity index (χ0v) is 18.1. The number of aliphatic hydroxyl groups is 1. The Bertz CT molecular complexity index is 1170. The van der Waals surface area contributed by atoms with Crippen LogP contribution in [-0.4, -0.2) is 35.4 Å². The minimum absolute atomic E-state index is 0.0974. The molecule has 0 aliphatic carbocycles. The van der Waals surface area contributed by atoms with Gasteiger partial charge in [-0.3, -0.25) is 9.59 Å². The molecule has 0 spiro atoms. The van der Waals surface area contributed by atoms with Crippen molar-refractivity contribution in [2.45, 2.75) is 19.4 Å². The number of carbonyl (C=O) groups excluding carboxylic acids is 2. The molecule has 1 heterocycles. The first-order chi connectivity index (χ1) is 15.5. The summed E-state index contributed by atoms with van der Waals surface area (Å²) in [5.41, 5.74) is 3.46. The van der Waals surface area contributed by atoms with E-state index in [1.54, 1.807) is 29.2 Å². The summed E-state index contributed by atoms with van der Waals surface area (Å²) in [6.07, 6.45) is 0.607. The van der Waals surface area contributed by atoms with E-state index in [4.69, 9.17) is 4.74 Å². The first-order valence-corrected chi connectivity index (χ1v) is 10.5. The first-order valence-electron chi connectivity index (χ1n) is 10.5. The molecule has 5 nitrogen and oxygen atoms in total. The van der Waals surface area contributed by atoms with Crippen LogP contribution in [0.25, 0.3) is 5.76 Å². The van der Waals surface area contributed by atoms with Crippen LogP contribution in [0.15, 0.2) is 84.4 Å². The van der Waals surface area contributed by atoms with Crippen LogP contribution in [-0.2, 0) is 16.0 Å². The number of methoxy groups -OCH3 is 1. The maximum atomic E-state index is 13.1. The second kappa shape index (κ2) is 9.10. The molecule has 1 fully saturated rings. The van der Waals surface area contributed by atoms with Gasteiger partial charge in [0.15, 0.2) is 0 Å². The summed E-state index contributed by atoms with van der Waals surface area (Å²) in [5, 5.41) is 11.1. The Hall–Kier alpha value is -3.86. The number of carbonyl (C=O) groups is 2. The molecule has 1 N–H and O–H groups in total. The fraction of sp³-hybridized carbons (Fsp3) is 0.185. The van der Waals surface area contributed by atoms with E-state index in [0.717, 1.165) is 16.7 Å². The summed E-state index contributed by atoms with van der Waals surface area (Å²) in [6.45, 7) is 2.34. The summed E-state index contributed by atoms with van der Waals surface area (Å²) < 4.78 is 5.25. The smallest absolute Gasteiger partial charge is 0.295 e. The van der Waals surface area contributed by atoms with E-state index < -0.39 is 17.7 Å².